The van der Waals surface area contributed by atoms with E-state index in [-0.39, 0.29) is 24.8 Å². The summed E-state index contributed by atoms with van der Waals surface area (Å²) in [4.78, 5) is 23.0. The van der Waals surface area contributed by atoms with E-state index in [1.54, 1.807) is 42.5 Å². The van der Waals surface area contributed by atoms with E-state index in [4.69, 9.17) is 4.74 Å². The van der Waals surface area contributed by atoms with Gasteiger partial charge in [0.05, 0.1) is 19.2 Å². The highest BCUT2D eigenvalue weighted by molar-refractivity contribution is 5.92. The molecular formula is C19H18FNO4. The fourth-order valence-electron chi connectivity index (χ4n) is 1.98. The first kappa shape index (κ1) is 18.2. The molecule has 2 aromatic carbocycles. The topological polar surface area (TPSA) is 64.6 Å². The molecule has 0 saturated carbocycles. The Kier molecular flexibility index (Phi) is 6.71. The molecule has 0 aliphatic carbocycles. The summed E-state index contributed by atoms with van der Waals surface area (Å²) in [6.45, 7) is 0.410. The fraction of sp³-hybridized carbons (Fsp3) is 0.158. The molecule has 0 saturated heterocycles. The number of carbonyl (C=O) groups excluding carboxylic acids is 2. The molecule has 130 valence electrons. The van der Waals surface area contributed by atoms with E-state index in [9.17, 15) is 14.0 Å². The first-order chi connectivity index (χ1) is 12.1. The molecule has 0 aliphatic rings. The predicted octanol–water partition coefficient (Wildman–Crippen LogP) is 2.82. The highest BCUT2D eigenvalue weighted by Gasteiger charge is 2.04. The maximum atomic E-state index is 13.3. The van der Waals surface area contributed by atoms with E-state index in [2.05, 4.69) is 10.1 Å². The summed E-state index contributed by atoms with van der Waals surface area (Å²) in [5.41, 5.74) is 1.21. The number of hydrogen-bond acceptors (Lipinski definition) is 4. The molecule has 2 aromatic rings. The van der Waals surface area contributed by atoms with Crippen LogP contribution in [0.5, 0.6) is 5.75 Å². The van der Waals surface area contributed by atoms with Crippen molar-refractivity contribution in [3.8, 4) is 5.75 Å². The minimum Gasteiger partial charge on any atom is -0.489 e. The molecule has 2 rings (SSSR count). The average Bonchev–Trinajstić information content (AvgIpc) is 2.64. The molecule has 5 nitrogen and oxygen atoms in total. The van der Waals surface area contributed by atoms with E-state index in [0.717, 1.165) is 5.56 Å². The second-order valence-corrected chi connectivity index (χ2v) is 5.02. The van der Waals surface area contributed by atoms with Crippen LogP contribution in [0.1, 0.15) is 15.9 Å². The number of amides is 1. The molecule has 25 heavy (non-hydrogen) atoms. The van der Waals surface area contributed by atoms with Crippen LogP contribution in [0.4, 0.5) is 4.39 Å². The SMILES string of the molecule is COC(=O)c1ccc(/C=C/C(=O)NCCOc2ccccc2F)cc1. The Morgan fingerprint density at radius 3 is 2.52 bits per heavy atom. The second-order valence-electron chi connectivity index (χ2n) is 5.02. The van der Waals surface area contributed by atoms with Gasteiger partial charge in [-0.1, -0.05) is 24.3 Å². The van der Waals surface area contributed by atoms with Gasteiger partial charge in [0.2, 0.25) is 5.91 Å². The van der Waals surface area contributed by atoms with Crippen molar-refractivity contribution < 1.29 is 23.5 Å². The third-order valence-corrected chi connectivity index (χ3v) is 3.25. The third-order valence-electron chi connectivity index (χ3n) is 3.25. The number of methoxy groups -OCH3 is 1. The van der Waals surface area contributed by atoms with Gasteiger partial charge in [0.25, 0.3) is 0 Å². The number of para-hydroxylation sites is 1. The Balaban J connectivity index is 1.75. The largest absolute Gasteiger partial charge is 0.489 e. The van der Waals surface area contributed by atoms with Crippen LogP contribution in [-0.2, 0) is 9.53 Å². The number of nitrogens with one attached hydrogen (secondary N) is 1. The van der Waals surface area contributed by atoms with Gasteiger partial charge in [0.15, 0.2) is 11.6 Å². The zero-order valence-electron chi connectivity index (χ0n) is 13.7. The summed E-state index contributed by atoms with van der Waals surface area (Å²) in [6, 6.07) is 12.7. The number of halogens is 1. The Labute approximate surface area is 145 Å². The van der Waals surface area contributed by atoms with Crippen LogP contribution in [0.25, 0.3) is 6.08 Å². The van der Waals surface area contributed by atoms with Gasteiger partial charge in [-0.05, 0) is 35.9 Å². The Hall–Kier alpha value is -3.15. The van der Waals surface area contributed by atoms with Crippen molar-refractivity contribution in [3.63, 3.8) is 0 Å². The normalized spacial score (nSPS) is 10.5. The number of hydrogen-bond donors (Lipinski definition) is 1. The van der Waals surface area contributed by atoms with Crippen LogP contribution in [0.2, 0.25) is 0 Å². The zero-order valence-corrected chi connectivity index (χ0v) is 13.7. The molecule has 0 spiro atoms. The standard InChI is InChI=1S/C19H18FNO4/c1-24-19(23)15-9-6-14(7-10-15)8-11-18(22)21-12-13-25-17-5-3-2-4-16(17)20/h2-11H,12-13H2,1H3,(H,21,22)/b11-8+. The van der Waals surface area contributed by atoms with Crippen molar-refractivity contribution in [1.82, 2.24) is 5.32 Å². The maximum Gasteiger partial charge on any atom is 0.337 e. The predicted molar refractivity (Wildman–Crippen MR) is 91.7 cm³/mol. The number of carbonyl (C=O) groups is 2. The molecule has 0 heterocycles. The molecular weight excluding hydrogens is 325 g/mol. The average molecular weight is 343 g/mol. The minimum atomic E-state index is -0.441. The Morgan fingerprint density at radius 1 is 1.12 bits per heavy atom. The quantitative estimate of drug-likeness (QED) is 0.477. The summed E-state index contributed by atoms with van der Waals surface area (Å²) in [7, 11) is 1.32. The lowest BCUT2D eigenvalue weighted by atomic mass is 10.1. The van der Waals surface area contributed by atoms with Crippen molar-refractivity contribution in [3.05, 3.63) is 71.6 Å². The first-order valence-electron chi connectivity index (χ1n) is 7.62. The van der Waals surface area contributed by atoms with Crippen molar-refractivity contribution in [2.45, 2.75) is 0 Å². The number of ether oxygens (including phenoxy) is 2. The van der Waals surface area contributed by atoms with Gasteiger partial charge in [-0.2, -0.15) is 0 Å². The molecule has 0 fully saturated rings. The molecule has 0 radical (unpaired) electrons. The lowest BCUT2D eigenvalue weighted by Crippen LogP contribution is -2.26. The van der Waals surface area contributed by atoms with Crippen LogP contribution in [0, 0.1) is 5.82 Å². The van der Waals surface area contributed by atoms with E-state index in [0.29, 0.717) is 5.56 Å². The van der Waals surface area contributed by atoms with Crippen molar-refractivity contribution in [2.75, 3.05) is 20.3 Å². The number of benzene rings is 2. The van der Waals surface area contributed by atoms with Gasteiger partial charge in [0.1, 0.15) is 6.61 Å². The molecule has 6 heteroatoms. The molecule has 1 N–H and O–H groups in total. The van der Waals surface area contributed by atoms with Gasteiger partial charge in [0, 0.05) is 6.08 Å². The van der Waals surface area contributed by atoms with Crippen LogP contribution in [0.15, 0.2) is 54.6 Å². The highest BCUT2D eigenvalue weighted by atomic mass is 19.1. The lowest BCUT2D eigenvalue weighted by Gasteiger charge is -2.07. The molecule has 0 aromatic heterocycles. The number of rotatable bonds is 7. The van der Waals surface area contributed by atoms with E-state index in [1.165, 1.54) is 25.3 Å². The third kappa shape index (κ3) is 5.76. The summed E-state index contributed by atoms with van der Waals surface area (Å²) in [5, 5.41) is 2.63. The van der Waals surface area contributed by atoms with Crippen molar-refractivity contribution >= 4 is 18.0 Å². The Morgan fingerprint density at radius 2 is 1.84 bits per heavy atom. The molecule has 1 amide bonds. The fourth-order valence-corrected chi connectivity index (χ4v) is 1.98. The monoisotopic (exact) mass is 343 g/mol. The van der Waals surface area contributed by atoms with E-state index < -0.39 is 11.8 Å². The summed E-state index contributed by atoms with van der Waals surface area (Å²) >= 11 is 0. The van der Waals surface area contributed by atoms with Crippen LogP contribution in [0.3, 0.4) is 0 Å². The first-order valence-corrected chi connectivity index (χ1v) is 7.62. The van der Waals surface area contributed by atoms with Crippen molar-refractivity contribution in [2.24, 2.45) is 0 Å². The summed E-state index contributed by atoms with van der Waals surface area (Å²) in [6.07, 6.45) is 2.99. The van der Waals surface area contributed by atoms with Crippen LogP contribution < -0.4 is 10.1 Å². The van der Waals surface area contributed by atoms with E-state index in [1.807, 2.05) is 0 Å². The maximum absolute atomic E-state index is 13.3. The van der Waals surface area contributed by atoms with Gasteiger partial charge in [-0.3, -0.25) is 4.79 Å². The molecule has 0 bridgehead atoms. The van der Waals surface area contributed by atoms with Crippen molar-refractivity contribution in [1.29, 1.82) is 0 Å². The summed E-state index contributed by atoms with van der Waals surface area (Å²) in [5.74, 6) is -1.00. The smallest absolute Gasteiger partial charge is 0.337 e. The van der Waals surface area contributed by atoms with Gasteiger partial charge < -0.3 is 14.8 Å². The molecule has 0 unspecified atom stereocenters. The number of esters is 1. The zero-order chi connectivity index (χ0) is 18.1. The van der Waals surface area contributed by atoms with Crippen LogP contribution in [-0.4, -0.2) is 32.1 Å². The molecule has 0 atom stereocenters. The Bertz CT molecular complexity index is 756. The van der Waals surface area contributed by atoms with Crippen LogP contribution >= 0.6 is 0 Å². The highest BCUT2D eigenvalue weighted by Crippen LogP contribution is 2.14. The minimum absolute atomic E-state index is 0.151. The van der Waals surface area contributed by atoms with Gasteiger partial charge in [-0.15, -0.1) is 0 Å². The second kappa shape index (κ2) is 9.22. The van der Waals surface area contributed by atoms with E-state index >= 15 is 0 Å². The van der Waals surface area contributed by atoms with Gasteiger partial charge >= 0.3 is 5.97 Å². The lowest BCUT2D eigenvalue weighted by molar-refractivity contribution is -0.116. The summed E-state index contributed by atoms with van der Waals surface area (Å²) < 4.78 is 23.2. The van der Waals surface area contributed by atoms with Gasteiger partial charge in [-0.25, -0.2) is 9.18 Å². The molecule has 0 aliphatic heterocycles.